The van der Waals surface area contributed by atoms with Crippen LogP contribution in [0.3, 0.4) is 0 Å². The van der Waals surface area contributed by atoms with Crippen LogP contribution < -0.4 is 5.73 Å². The van der Waals surface area contributed by atoms with Crippen molar-refractivity contribution >= 4 is 0 Å². The highest BCUT2D eigenvalue weighted by atomic mass is 16.6. The molecule has 0 aromatic heterocycles. The fourth-order valence-corrected chi connectivity index (χ4v) is 1.99. The molecule has 2 rings (SSSR count). The lowest BCUT2D eigenvalue weighted by molar-refractivity contribution is -0.0349. The number of ether oxygens (including phenoxy) is 2. The standard InChI is InChI=1S/C8H15NO2/c1-5-3-11-8(9)6(2)4-10-7(5)8/h5-7H,3-4,9H2,1-2H3/t5-,6+,7-,8-/m1/s1. The van der Waals surface area contributed by atoms with Gasteiger partial charge in [0.2, 0.25) is 0 Å². The van der Waals surface area contributed by atoms with E-state index in [4.69, 9.17) is 15.2 Å². The van der Waals surface area contributed by atoms with Crippen molar-refractivity contribution in [3.8, 4) is 0 Å². The minimum Gasteiger partial charge on any atom is -0.373 e. The molecule has 0 aromatic carbocycles. The number of rotatable bonds is 0. The van der Waals surface area contributed by atoms with Gasteiger partial charge in [0.15, 0.2) is 0 Å². The van der Waals surface area contributed by atoms with Crippen LogP contribution in [-0.2, 0) is 9.47 Å². The van der Waals surface area contributed by atoms with Crippen molar-refractivity contribution in [3.05, 3.63) is 0 Å². The van der Waals surface area contributed by atoms with Gasteiger partial charge in [0.1, 0.15) is 11.8 Å². The SMILES string of the molecule is C[C@@H]1CO[C@@]2(N)[C@@H]1OC[C@@H]2C. The summed E-state index contributed by atoms with van der Waals surface area (Å²) >= 11 is 0. The molecule has 0 amide bonds. The predicted octanol–water partition coefficient (Wildman–Crippen LogP) is 0.343. The molecule has 0 aliphatic carbocycles. The maximum atomic E-state index is 6.05. The van der Waals surface area contributed by atoms with Gasteiger partial charge in [-0.3, -0.25) is 0 Å². The van der Waals surface area contributed by atoms with Crippen LogP contribution in [0.5, 0.6) is 0 Å². The Hall–Kier alpha value is -0.120. The molecule has 2 saturated heterocycles. The fraction of sp³-hybridized carbons (Fsp3) is 1.00. The van der Waals surface area contributed by atoms with E-state index in [1.54, 1.807) is 0 Å². The van der Waals surface area contributed by atoms with Crippen LogP contribution in [0.25, 0.3) is 0 Å². The van der Waals surface area contributed by atoms with Crippen molar-refractivity contribution in [2.45, 2.75) is 25.7 Å². The minimum absolute atomic E-state index is 0.123. The molecule has 0 bridgehead atoms. The molecule has 0 radical (unpaired) electrons. The van der Waals surface area contributed by atoms with Gasteiger partial charge in [0.25, 0.3) is 0 Å². The summed E-state index contributed by atoms with van der Waals surface area (Å²) in [5.74, 6) is 0.780. The highest BCUT2D eigenvalue weighted by Gasteiger charge is 2.54. The van der Waals surface area contributed by atoms with Crippen molar-refractivity contribution in [3.63, 3.8) is 0 Å². The normalized spacial score (nSPS) is 56.5. The smallest absolute Gasteiger partial charge is 0.148 e. The second-order valence-corrected chi connectivity index (χ2v) is 3.80. The predicted molar refractivity (Wildman–Crippen MR) is 40.9 cm³/mol. The van der Waals surface area contributed by atoms with Gasteiger partial charge in [0, 0.05) is 11.8 Å². The molecule has 0 unspecified atom stereocenters. The van der Waals surface area contributed by atoms with Gasteiger partial charge in [-0.1, -0.05) is 13.8 Å². The molecule has 2 N–H and O–H groups in total. The van der Waals surface area contributed by atoms with Gasteiger partial charge >= 0.3 is 0 Å². The first-order chi connectivity index (χ1) is 5.14. The molecule has 0 saturated carbocycles. The zero-order chi connectivity index (χ0) is 8.06. The van der Waals surface area contributed by atoms with E-state index in [1.807, 2.05) is 0 Å². The first-order valence-electron chi connectivity index (χ1n) is 4.19. The van der Waals surface area contributed by atoms with Crippen molar-refractivity contribution < 1.29 is 9.47 Å². The molecule has 64 valence electrons. The topological polar surface area (TPSA) is 44.5 Å². The molecule has 3 nitrogen and oxygen atoms in total. The molecule has 3 heteroatoms. The summed E-state index contributed by atoms with van der Waals surface area (Å²) in [5.41, 5.74) is 5.56. The summed E-state index contributed by atoms with van der Waals surface area (Å²) in [6.45, 7) is 5.69. The highest BCUT2D eigenvalue weighted by molar-refractivity contribution is 5.00. The highest BCUT2D eigenvalue weighted by Crippen LogP contribution is 2.39. The number of hydrogen-bond acceptors (Lipinski definition) is 3. The van der Waals surface area contributed by atoms with Crippen molar-refractivity contribution in [2.75, 3.05) is 13.2 Å². The van der Waals surface area contributed by atoms with Crippen LogP contribution in [0.15, 0.2) is 0 Å². The number of fused-ring (bicyclic) bond motifs is 1. The third-order valence-corrected chi connectivity index (χ3v) is 2.85. The first kappa shape index (κ1) is 7.53. The Labute approximate surface area is 66.8 Å². The Morgan fingerprint density at radius 3 is 2.73 bits per heavy atom. The summed E-state index contributed by atoms with van der Waals surface area (Å²) in [6, 6.07) is 0. The van der Waals surface area contributed by atoms with E-state index >= 15 is 0 Å². The first-order valence-corrected chi connectivity index (χ1v) is 4.19. The van der Waals surface area contributed by atoms with Crippen molar-refractivity contribution in [1.82, 2.24) is 0 Å². The maximum Gasteiger partial charge on any atom is 0.148 e. The Balaban J connectivity index is 2.23. The summed E-state index contributed by atoms with van der Waals surface area (Å²) < 4.78 is 11.1. The second kappa shape index (κ2) is 2.19. The van der Waals surface area contributed by atoms with Crippen LogP contribution in [0, 0.1) is 11.8 Å². The van der Waals surface area contributed by atoms with Crippen LogP contribution in [0.4, 0.5) is 0 Å². The average molecular weight is 157 g/mol. The van der Waals surface area contributed by atoms with Gasteiger partial charge in [-0.2, -0.15) is 0 Å². The van der Waals surface area contributed by atoms with E-state index in [0.717, 1.165) is 13.2 Å². The summed E-state index contributed by atoms with van der Waals surface area (Å²) in [6.07, 6.45) is 0.123. The Kier molecular flexibility index (Phi) is 1.50. The molecule has 4 atom stereocenters. The van der Waals surface area contributed by atoms with E-state index in [2.05, 4.69) is 13.8 Å². The van der Waals surface area contributed by atoms with Crippen LogP contribution >= 0.6 is 0 Å². The van der Waals surface area contributed by atoms with E-state index in [-0.39, 0.29) is 6.10 Å². The molecule has 0 aromatic rings. The molecule has 2 aliphatic rings. The Morgan fingerprint density at radius 2 is 2.09 bits per heavy atom. The van der Waals surface area contributed by atoms with Gasteiger partial charge in [-0.05, 0) is 0 Å². The number of nitrogens with two attached hydrogens (primary N) is 1. The Morgan fingerprint density at radius 1 is 1.36 bits per heavy atom. The van der Waals surface area contributed by atoms with Gasteiger partial charge in [-0.25, -0.2) is 0 Å². The van der Waals surface area contributed by atoms with Crippen molar-refractivity contribution in [2.24, 2.45) is 17.6 Å². The average Bonchev–Trinajstić information content (AvgIpc) is 2.39. The van der Waals surface area contributed by atoms with Crippen LogP contribution in [0.1, 0.15) is 13.8 Å². The molecule has 2 fully saturated rings. The lowest BCUT2D eigenvalue weighted by Crippen LogP contribution is -2.50. The van der Waals surface area contributed by atoms with E-state index in [9.17, 15) is 0 Å². The van der Waals surface area contributed by atoms with E-state index < -0.39 is 5.72 Å². The maximum absolute atomic E-state index is 6.05. The van der Waals surface area contributed by atoms with E-state index in [1.165, 1.54) is 0 Å². The largest absolute Gasteiger partial charge is 0.373 e. The quantitative estimate of drug-likeness (QED) is 0.551. The zero-order valence-corrected chi connectivity index (χ0v) is 7.04. The summed E-state index contributed by atoms with van der Waals surface area (Å²) in [5, 5.41) is 0. The zero-order valence-electron chi connectivity index (χ0n) is 7.04. The van der Waals surface area contributed by atoms with E-state index in [0.29, 0.717) is 11.8 Å². The third kappa shape index (κ3) is 0.849. The van der Waals surface area contributed by atoms with Crippen LogP contribution in [0.2, 0.25) is 0 Å². The van der Waals surface area contributed by atoms with Crippen LogP contribution in [-0.4, -0.2) is 25.0 Å². The Bertz CT molecular complexity index is 173. The van der Waals surface area contributed by atoms with Gasteiger partial charge in [-0.15, -0.1) is 0 Å². The summed E-state index contributed by atoms with van der Waals surface area (Å²) in [4.78, 5) is 0. The number of hydrogen-bond donors (Lipinski definition) is 1. The van der Waals surface area contributed by atoms with Crippen molar-refractivity contribution in [1.29, 1.82) is 0 Å². The molecular formula is C8H15NO2. The van der Waals surface area contributed by atoms with Gasteiger partial charge < -0.3 is 15.2 Å². The fourth-order valence-electron chi connectivity index (χ4n) is 1.99. The molecule has 2 heterocycles. The molecule has 11 heavy (non-hydrogen) atoms. The van der Waals surface area contributed by atoms with Gasteiger partial charge in [0.05, 0.1) is 13.2 Å². The summed E-state index contributed by atoms with van der Waals surface area (Å²) in [7, 11) is 0. The lowest BCUT2D eigenvalue weighted by atomic mass is 9.93. The lowest BCUT2D eigenvalue weighted by Gasteiger charge is -2.25. The molecular weight excluding hydrogens is 142 g/mol. The molecule has 0 spiro atoms. The monoisotopic (exact) mass is 157 g/mol. The second-order valence-electron chi connectivity index (χ2n) is 3.80. The minimum atomic E-state index is -0.487. The molecule has 2 aliphatic heterocycles. The third-order valence-electron chi connectivity index (χ3n) is 2.85.